The van der Waals surface area contributed by atoms with Crippen molar-refractivity contribution in [2.24, 2.45) is 0 Å². The average molecular weight is 392 g/mol. The van der Waals surface area contributed by atoms with E-state index >= 15 is 0 Å². The largest absolute Gasteiger partial charge is 0.476 e. The van der Waals surface area contributed by atoms with Crippen molar-refractivity contribution >= 4 is 34.8 Å². The quantitative estimate of drug-likeness (QED) is 0.202. The predicted molar refractivity (Wildman–Crippen MR) is 87.2 cm³/mol. The van der Waals surface area contributed by atoms with Crippen LogP contribution in [0.2, 0.25) is 0 Å². The number of aliphatic hydroxyl groups is 2. The first kappa shape index (κ1) is 20.4. The minimum Gasteiger partial charge on any atom is -0.476 e. The number of nitrogens with zero attached hydrogens (tertiary/aromatic N) is 3. The van der Waals surface area contributed by atoms with Crippen LogP contribution in [0.1, 0.15) is 11.7 Å². The molecular formula is C13H13Cl2N4O6+. The molecule has 0 heterocycles. The number of nitro groups is 1. The number of rotatable bonds is 8. The predicted octanol–water partition coefficient (Wildman–Crippen LogP) is 2.14. The number of benzene rings is 1. The molecule has 0 saturated carbocycles. The van der Waals surface area contributed by atoms with Crippen LogP contribution in [0.15, 0.2) is 36.4 Å². The SMILES string of the molecule is N#[N+]C=C(O)OCC(NC(=O)C(Cl)Cl)C(O)c1ccc([N+](=O)[O-])cc1. The van der Waals surface area contributed by atoms with Crippen LogP contribution >= 0.6 is 23.2 Å². The van der Waals surface area contributed by atoms with Gasteiger partial charge in [0.25, 0.3) is 11.6 Å². The molecule has 0 aromatic heterocycles. The van der Waals surface area contributed by atoms with Crippen LogP contribution in [0.25, 0.3) is 4.98 Å². The zero-order chi connectivity index (χ0) is 19.0. The maximum atomic E-state index is 11.6. The van der Waals surface area contributed by atoms with Crippen LogP contribution in [0.3, 0.4) is 0 Å². The molecule has 0 spiro atoms. The third-order valence-electron chi connectivity index (χ3n) is 2.93. The summed E-state index contributed by atoms with van der Waals surface area (Å²) >= 11 is 10.9. The molecule has 12 heteroatoms. The first-order valence-corrected chi connectivity index (χ1v) is 7.50. The highest BCUT2D eigenvalue weighted by molar-refractivity contribution is 6.53. The zero-order valence-electron chi connectivity index (χ0n) is 12.5. The van der Waals surface area contributed by atoms with E-state index in [1.807, 2.05) is 0 Å². The summed E-state index contributed by atoms with van der Waals surface area (Å²) in [6.07, 6.45) is -0.779. The summed E-state index contributed by atoms with van der Waals surface area (Å²) in [4.78, 5) is 22.8. The summed E-state index contributed by atoms with van der Waals surface area (Å²) in [7, 11) is 0. The van der Waals surface area contributed by atoms with Gasteiger partial charge in [0.15, 0.2) is 9.81 Å². The minimum atomic E-state index is -1.41. The highest BCUT2D eigenvalue weighted by atomic mass is 35.5. The van der Waals surface area contributed by atoms with E-state index in [0.29, 0.717) is 6.20 Å². The lowest BCUT2D eigenvalue weighted by atomic mass is 10.0. The summed E-state index contributed by atoms with van der Waals surface area (Å²) in [5.41, 5.74) is 0.0509. The van der Waals surface area contributed by atoms with Crippen LogP contribution < -0.4 is 5.32 Å². The molecule has 1 rings (SSSR count). The normalized spacial score (nSPS) is 13.6. The second kappa shape index (κ2) is 9.63. The Morgan fingerprint density at radius 1 is 1.44 bits per heavy atom. The number of non-ortho nitro benzene ring substituents is 1. The molecular weight excluding hydrogens is 379 g/mol. The molecule has 25 heavy (non-hydrogen) atoms. The smallest absolute Gasteiger partial charge is 0.429 e. The van der Waals surface area contributed by atoms with E-state index in [0.717, 1.165) is 0 Å². The third-order valence-corrected chi connectivity index (χ3v) is 3.33. The van der Waals surface area contributed by atoms with Gasteiger partial charge in [-0.2, -0.15) is 0 Å². The fourth-order valence-corrected chi connectivity index (χ4v) is 1.87. The number of ether oxygens (including phenoxy) is 1. The molecule has 3 N–H and O–H groups in total. The summed E-state index contributed by atoms with van der Waals surface area (Å²) in [6, 6.07) is 3.81. The van der Waals surface area contributed by atoms with Crippen molar-refractivity contribution in [2.75, 3.05) is 6.61 Å². The van der Waals surface area contributed by atoms with Gasteiger partial charge in [0.1, 0.15) is 12.7 Å². The number of halogens is 2. The molecule has 0 aliphatic heterocycles. The van der Waals surface area contributed by atoms with Gasteiger partial charge in [0.2, 0.25) is 5.39 Å². The van der Waals surface area contributed by atoms with Crippen LogP contribution in [0.5, 0.6) is 0 Å². The number of hydrogen-bond acceptors (Lipinski definition) is 7. The Bertz CT molecular complexity index is 689. The van der Waals surface area contributed by atoms with Crippen molar-refractivity contribution in [1.29, 1.82) is 5.39 Å². The molecule has 2 unspecified atom stereocenters. The lowest BCUT2D eigenvalue weighted by Crippen LogP contribution is -2.44. The maximum absolute atomic E-state index is 11.6. The van der Waals surface area contributed by atoms with E-state index < -0.39 is 40.4 Å². The van der Waals surface area contributed by atoms with Gasteiger partial charge < -0.3 is 20.3 Å². The van der Waals surface area contributed by atoms with Gasteiger partial charge >= 0.3 is 12.1 Å². The molecule has 2 atom stereocenters. The standard InChI is InChI=1S/C13H12Cl2N4O6/c14-12(15)13(22)18-9(6-25-10(20)5-17-16)11(21)7-1-3-8(4-2-7)19(23)24/h1-5,9,11-12,21H,6H2,(H-,18,20,22)/p+1. The molecule has 1 aromatic rings. The van der Waals surface area contributed by atoms with E-state index in [4.69, 9.17) is 33.3 Å². The number of hydrogen-bond donors (Lipinski definition) is 3. The van der Waals surface area contributed by atoms with Crippen molar-refractivity contribution in [2.45, 2.75) is 17.0 Å². The minimum absolute atomic E-state index is 0.181. The number of nitro benzene ring substituents is 1. The van der Waals surface area contributed by atoms with E-state index in [9.17, 15) is 25.1 Å². The van der Waals surface area contributed by atoms with Crippen LogP contribution in [-0.2, 0) is 9.53 Å². The van der Waals surface area contributed by atoms with Crippen LogP contribution in [-0.4, -0.2) is 38.5 Å². The molecule has 0 radical (unpaired) electrons. The maximum Gasteiger partial charge on any atom is 0.429 e. The van der Waals surface area contributed by atoms with Gasteiger partial charge in [0.05, 0.1) is 11.0 Å². The highest BCUT2D eigenvalue weighted by Crippen LogP contribution is 2.21. The first-order valence-electron chi connectivity index (χ1n) is 6.63. The molecule has 1 aromatic carbocycles. The average Bonchev–Trinajstić information content (AvgIpc) is 2.57. The topological polar surface area (TPSA) is 150 Å². The van der Waals surface area contributed by atoms with Crippen molar-refractivity contribution in [3.63, 3.8) is 0 Å². The number of carbonyl (C=O) groups is 1. The Balaban J connectivity index is 2.95. The number of alkyl halides is 2. The van der Waals surface area contributed by atoms with Crippen molar-refractivity contribution in [3.05, 3.63) is 57.1 Å². The summed E-state index contributed by atoms with van der Waals surface area (Å²) in [6.45, 7) is -0.442. The number of amides is 1. The van der Waals surface area contributed by atoms with E-state index in [1.54, 1.807) is 0 Å². The number of aliphatic hydroxyl groups excluding tert-OH is 2. The Labute approximate surface area is 151 Å². The Kier molecular flexibility index (Phi) is 7.87. The summed E-state index contributed by atoms with van der Waals surface area (Å²) in [5.74, 6) is -1.60. The Morgan fingerprint density at radius 3 is 2.52 bits per heavy atom. The summed E-state index contributed by atoms with van der Waals surface area (Å²) < 4.78 is 4.82. The zero-order valence-corrected chi connectivity index (χ0v) is 14.0. The van der Waals surface area contributed by atoms with E-state index in [-0.39, 0.29) is 11.3 Å². The van der Waals surface area contributed by atoms with Gasteiger partial charge in [-0.1, -0.05) is 23.2 Å². The molecule has 0 aliphatic rings. The van der Waals surface area contributed by atoms with Crippen molar-refractivity contribution in [1.82, 2.24) is 5.32 Å². The lowest BCUT2D eigenvalue weighted by Gasteiger charge is -2.24. The van der Waals surface area contributed by atoms with Gasteiger partial charge in [-0.05, 0) is 17.7 Å². The fourth-order valence-electron chi connectivity index (χ4n) is 1.74. The molecule has 1 amide bonds. The van der Waals surface area contributed by atoms with Crippen LogP contribution in [0, 0.1) is 15.5 Å². The van der Waals surface area contributed by atoms with Gasteiger partial charge in [-0.3, -0.25) is 14.9 Å². The van der Waals surface area contributed by atoms with Gasteiger partial charge in [-0.25, -0.2) is 0 Å². The molecule has 10 nitrogen and oxygen atoms in total. The fraction of sp³-hybridized carbons (Fsp3) is 0.308. The third kappa shape index (κ3) is 6.42. The Morgan fingerprint density at radius 2 is 2.04 bits per heavy atom. The molecule has 0 fully saturated rings. The van der Waals surface area contributed by atoms with Crippen LogP contribution in [0.4, 0.5) is 5.69 Å². The molecule has 0 aliphatic carbocycles. The lowest BCUT2D eigenvalue weighted by molar-refractivity contribution is -0.384. The van der Waals surface area contributed by atoms with Crippen molar-refractivity contribution < 1.29 is 24.7 Å². The highest BCUT2D eigenvalue weighted by Gasteiger charge is 2.27. The van der Waals surface area contributed by atoms with Gasteiger partial charge in [-0.15, -0.1) is 0 Å². The van der Waals surface area contributed by atoms with Gasteiger partial charge in [0, 0.05) is 12.1 Å². The number of carbonyl (C=O) groups excluding carboxylic acids is 1. The van der Waals surface area contributed by atoms with E-state index in [2.05, 4.69) is 10.3 Å². The Hall–Kier alpha value is -2.61. The summed E-state index contributed by atoms with van der Waals surface area (Å²) in [5, 5.41) is 40.8. The molecule has 0 bridgehead atoms. The van der Waals surface area contributed by atoms with E-state index in [1.165, 1.54) is 24.3 Å². The molecule has 0 saturated heterocycles. The number of nitrogens with one attached hydrogen (secondary N) is 1. The van der Waals surface area contributed by atoms with Crippen molar-refractivity contribution in [3.8, 4) is 0 Å². The second-order valence-electron chi connectivity index (χ2n) is 4.60. The molecule has 134 valence electrons. The monoisotopic (exact) mass is 391 g/mol. The second-order valence-corrected chi connectivity index (χ2v) is 5.70. The number of diazo groups is 1. The first-order chi connectivity index (χ1) is 11.8.